The molecule has 1 aliphatic rings. The lowest BCUT2D eigenvalue weighted by Crippen LogP contribution is -2.25. The van der Waals surface area contributed by atoms with Crippen LogP contribution in [0.5, 0.6) is 0 Å². The first-order chi connectivity index (χ1) is 8.65. The van der Waals surface area contributed by atoms with Gasteiger partial charge in [0.2, 0.25) is 0 Å². The number of hydrogen-bond acceptors (Lipinski definition) is 1. The zero-order valence-corrected chi connectivity index (χ0v) is 13.1. The smallest absolute Gasteiger partial charge is 0.0207 e. The minimum absolute atomic E-state index is 0.898. The maximum absolute atomic E-state index is 3.61. The topological polar surface area (TPSA) is 12.0 Å². The third-order valence-corrected chi connectivity index (χ3v) is 4.99. The average molecular weight is 310 g/mol. The van der Waals surface area contributed by atoms with Crippen molar-refractivity contribution in [3.05, 3.63) is 33.8 Å². The highest BCUT2D eigenvalue weighted by atomic mass is 79.9. The second kappa shape index (κ2) is 6.72. The summed E-state index contributed by atoms with van der Waals surface area (Å²) in [4.78, 5) is 0. The molecule has 0 aliphatic heterocycles. The van der Waals surface area contributed by atoms with Crippen molar-refractivity contribution in [1.29, 1.82) is 0 Å². The molecular formula is C16H24BrN. The van der Waals surface area contributed by atoms with E-state index in [1.54, 1.807) is 0 Å². The summed E-state index contributed by atoms with van der Waals surface area (Å²) in [7, 11) is 0. The molecule has 0 bridgehead atoms. The second-order valence-electron chi connectivity index (χ2n) is 5.84. The van der Waals surface area contributed by atoms with Crippen LogP contribution in [0.2, 0.25) is 0 Å². The Balaban J connectivity index is 1.73. The summed E-state index contributed by atoms with van der Waals surface area (Å²) in [5.74, 6) is 1.85. The van der Waals surface area contributed by atoms with Gasteiger partial charge in [-0.1, -0.05) is 47.8 Å². The summed E-state index contributed by atoms with van der Waals surface area (Å²) in [6, 6.07) is 6.63. The molecular weight excluding hydrogens is 286 g/mol. The number of halogens is 1. The van der Waals surface area contributed by atoms with Crippen LogP contribution < -0.4 is 5.32 Å². The first-order valence-electron chi connectivity index (χ1n) is 7.11. The minimum Gasteiger partial charge on any atom is -0.312 e. The molecule has 1 fully saturated rings. The molecule has 1 aromatic carbocycles. The lowest BCUT2D eigenvalue weighted by atomic mass is 9.83. The Hall–Kier alpha value is -0.340. The van der Waals surface area contributed by atoms with Crippen molar-refractivity contribution in [2.24, 2.45) is 11.8 Å². The van der Waals surface area contributed by atoms with Crippen LogP contribution in [0.25, 0.3) is 0 Å². The van der Waals surface area contributed by atoms with Crippen LogP contribution in [0.15, 0.2) is 22.7 Å². The lowest BCUT2D eigenvalue weighted by Gasteiger charge is -2.26. The predicted molar refractivity (Wildman–Crippen MR) is 81.7 cm³/mol. The van der Waals surface area contributed by atoms with Gasteiger partial charge in [-0.25, -0.2) is 0 Å². The SMILES string of the molecule is Cc1ccc(CNCC2CCC(C)CC2)cc1Br. The fourth-order valence-corrected chi connectivity index (χ4v) is 3.13. The molecule has 0 radical (unpaired) electrons. The summed E-state index contributed by atoms with van der Waals surface area (Å²) in [5, 5.41) is 3.61. The van der Waals surface area contributed by atoms with Crippen LogP contribution in [-0.2, 0) is 6.54 Å². The van der Waals surface area contributed by atoms with E-state index in [9.17, 15) is 0 Å². The van der Waals surface area contributed by atoms with E-state index < -0.39 is 0 Å². The molecule has 0 atom stereocenters. The summed E-state index contributed by atoms with van der Waals surface area (Å²) in [5.41, 5.74) is 2.68. The van der Waals surface area contributed by atoms with Crippen molar-refractivity contribution in [3.63, 3.8) is 0 Å². The predicted octanol–water partition coefficient (Wildman–Crippen LogP) is 4.67. The van der Waals surface area contributed by atoms with Gasteiger partial charge in [-0.05, 0) is 55.3 Å². The zero-order chi connectivity index (χ0) is 13.0. The third-order valence-electron chi connectivity index (χ3n) is 4.13. The second-order valence-corrected chi connectivity index (χ2v) is 6.69. The minimum atomic E-state index is 0.898. The molecule has 100 valence electrons. The first-order valence-corrected chi connectivity index (χ1v) is 7.90. The first kappa shape index (κ1) is 14.1. The van der Waals surface area contributed by atoms with E-state index >= 15 is 0 Å². The van der Waals surface area contributed by atoms with Gasteiger partial charge in [0.1, 0.15) is 0 Å². The Labute approximate surface area is 119 Å². The number of rotatable bonds is 4. The Morgan fingerprint density at radius 3 is 2.61 bits per heavy atom. The molecule has 0 saturated heterocycles. The van der Waals surface area contributed by atoms with Crippen LogP contribution in [0.1, 0.15) is 43.7 Å². The molecule has 1 saturated carbocycles. The van der Waals surface area contributed by atoms with E-state index in [1.165, 1.54) is 47.8 Å². The molecule has 2 heteroatoms. The van der Waals surface area contributed by atoms with E-state index in [1.807, 2.05) is 0 Å². The molecule has 1 nitrogen and oxygen atoms in total. The van der Waals surface area contributed by atoms with Gasteiger partial charge in [0.15, 0.2) is 0 Å². The van der Waals surface area contributed by atoms with Gasteiger partial charge in [-0.2, -0.15) is 0 Å². The van der Waals surface area contributed by atoms with Crippen molar-refractivity contribution >= 4 is 15.9 Å². The van der Waals surface area contributed by atoms with Crippen LogP contribution in [0, 0.1) is 18.8 Å². The van der Waals surface area contributed by atoms with Gasteiger partial charge in [-0.15, -0.1) is 0 Å². The van der Waals surface area contributed by atoms with Crippen molar-refractivity contribution in [2.45, 2.75) is 46.1 Å². The highest BCUT2D eigenvalue weighted by Crippen LogP contribution is 2.27. The van der Waals surface area contributed by atoms with Crippen LogP contribution >= 0.6 is 15.9 Å². The summed E-state index contributed by atoms with van der Waals surface area (Å²) in [6.45, 7) is 6.68. The number of benzene rings is 1. The van der Waals surface area contributed by atoms with E-state index in [-0.39, 0.29) is 0 Å². The number of hydrogen-bond donors (Lipinski definition) is 1. The Morgan fingerprint density at radius 2 is 1.94 bits per heavy atom. The molecule has 1 aromatic rings. The van der Waals surface area contributed by atoms with E-state index in [2.05, 4.69) is 53.3 Å². The van der Waals surface area contributed by atoms with Crippen molar-refractivity contribution in [1.82, 2.24) is 5.32 Å². The van der Waals surface area contributed by atoms with Gasteiger partial charge >= 0.3 is 0 Å². The van der Waals surface area contributed by atoms with Crippen molar-refractivity contribution in [2.75, 3.05) is 6.54 Å². The normalized spacial score (nSPS) is 24.2. The van der Waals surface area contributed by atoms with E-state index in [0.717, 1.165) is 18.4 Å². The van der Waals surface area contributed by atoms with Crippen LogP contribution in [0.4, 0.5) is 0 Å². The van der Waals surface area contributed by atoms with Gasteiger partial charge in [0.05, 0.1) is 0 Å². The highest BCUT2D eigenvalue weighted by molar-refractivity contribution is 9.10. The van der Waals surface area contributed by atoms with Crippen molar-refractivity contribution < 1.29 is 0 Å². The van der Waals surface area contributed by atoms with E-state index in [0.29, 0.717) is 0 Å². The quantitative estimate of drug-likeness (QED) is 0.852. The molecule has 0 amide bonds. The fraction of sp³-hybridized carbons (Fsp3) is 0.625. The van der Waals surface area contributed by atoms with Gasteiger partial charge in [0.25, 0.3) is 0 Å². The van der Waals surface area contributed by atoms with Gasteiger partial charge < -0.3 is 5.32 Å². The molecule has 0 unspecified atom stereocenters. The molecule has 0 heterocycles. The number of aryl methyl sites for hydroxylation is 1. The Kier molecular flexibility index (Phi) is 5.25. The summed E-state index contributed by atoms with van der Waals surface area (Å²) in [6.07, 6.45) is 5.66. The molecule has 0 aromatic heterocycles. The van der Waals surface area contributed by atoms with E-state index in [4.69, 9.17) is 0 Å². The monoisotopic (exact) mass is 309 g/mol. The largest absolute Gasteiger partial charge is 0.312 e. The lowest BCUT2D eigenvalue weighted by molar-refractivity contribution is 0.281. The summed E-state index contributed by atoms with van der Waals surface area (Å²) < 4.78 is 1.22. The maximum Gasteiger partial charge on any atom is 0.0207 e. The van der Waals surface area contributed by atoms with Crippen LogP contribution in [0.3, 0.4) is 0 Å². The molecule has 1 aliphatic carbocycles. The highest BCUT2D eigenvalue weighted by Gasteiger charge is 2.17. The van der Waals surface area contributed by atoms with Gasteiger partial charge in [-0.3, -0.25) is 0 Å². The maximum atomic E-state index is 3.61. The molecule has 1 N–H and O–H groups in total. The van der Waals surface area contributed by atoms with Gasteiger partial charge in [0, 0.05) is 11.0 Å². The molecule has 18 heavy (non-hydrogen) atoms. The summed E-state index contributed by atoms with van der Waals surface area (Å²) >= 11 is 3.59. The molecule has 2 rings (SSSR count). The molecule has 0 spiro atoms. The third kappa shape index (κ3) is 4.10. The Morgan fingerprint density at radius 1 is 1.22 bits per heavy atom. The van der Waals surface area contributed by atoms with Crippen LogP contribution in [-0.4, -0.2) is 6.54 Å². The Bertz CT molecular complexity index is 381. The number of nitrogens with one attached hydrogen (secondary N) is 1. The van der Waals surface area contributed by atoms with Crippen molar-refractivity contribution in [3.8, 4) is 0 Å². The zero-order valence-electron chi connectivity index (χ0n) is 11.5. The average Bonchev–Trinajstić information content (AvgIpc) is 2.36. The fourth-order valence-electron chi connectivity index (χ4n) is 2.70. The standard InChI is InChI=1S/C16H24BrN/c1-12-3-6-14(7-4-12)10-18-11-15-8-5-13(2)16(17)9-15/h5,8-9,12,14,18H,3-4,6-7,10-11H2,1-2H3.